The lowest BCUT2D eigenvalue weighted by molar-refractivity contribution is 0.456. The van der Waals surface area contributed by atoms with Gasteiger partial charge < -0.3 is 10.1 Å². The van der Waals surface area contributed by atoms with E-state index in [9.17, 15) is 4.39 Å². The molecule has 0 fully saturated rings. The molecule has 0 saturated carbocycles. The molecule has 0 amide bonds. The number of benzene rings is 1. The molecule has 1 aromatic carbocycles. The standard InChI is InChI=1S/C11H8Br2FN3O/c1-15-10-9(13)11(17-5-16-10)18-6-2-3-8(14)7(12)4-6/h2-5H,1H3,(H,15,16,17). The zero-order valence-electron chi connectivity index (χ0n) is 9.25. The SMILES string of the molecule is CNc1ncnc(Oc2ccc(F)c(Br)c2)c1Br. The van der Waals surface area contributed by atoms with Crippen molar-refractivity contribution in [2.75, 3.05) is 12.4 Å². The van der Waals surface area contributed by atoms with Crippen molar-refractivity contribution >= 4 is 37.7 Å². The van der Waals surface area contributed by atoms with Crippen molar-refractivity contribution < 1.29 is 9.13 Å². The molecule has 0 bridgehead atoms. The lowest BCUT2D eigenvalue weighted by atomic mass is 10.3. The predicted molar refractivity (Wildman–Crippen MR) is 73.5 cm³/mol. The Morgan fingerprint density at radius 2 is 2.06 bits per heavy atom. The molecule has 94 valence electrons. The highest BCUT2D eigenvalue weighted by Crippen LogP contribution is 2.32. The van der Waals surface area contributed by atoms with Crippen molar-refractivity contribution in [3.05, 3.63) is 39.3 Å². The lowest BCUT2D eigenvalue weighted by Gasteiger charge is -2.09. The molecule has 2 aromatic rings. The Balaban J connectivity index is 2.31. The third-order valence-electron chi connectivity index (χ3n) is 2.10. The monoisotopic (exact) mass is 375 g/mol. The highest BCUT2D eigenvalue weighted by molar-refractivity contribution is 9.11. The number of nitrogens with one attached hydrogen (secondary N) is 1. The number of nitrogens with zero attached hydrogens (tertiary/aromatic N) is 2. The second-order valence-electron chi connectivity index (χ2n) is 3.27. The number of ether oxygens (including phenoxy) is 1. The van der Waals surface area contributed by atoms with Gasteiger partial charge in [0.05, 0.1) is 4.47 Å². The van der Waals surface area contributed by atoms with E-state index in [0.29, 0.717) is 26.4 Å². The Labute approximate surface area is 120 Å². The fourth-order valence-electron chi connectivity index (χ4n) is 1.25. The number of hydrogen-bond donors (Lipinski definition) is 1. The van der Waals surface area contributed by atoms with Gasteiger partial charge in [0.15, 0.2) is 0 Å². The summed E-state index contributed by atoms with van der Waals surface area (Å²) in [6, 6.07) is 4.37. The minimum Gasteiger partial charge on any atom is -0.438 e. The highest BCUT2D eigenvalue weighted by atomic mass is 79.9. The average molecular weight is 377 g/mol. The summed E-state index contributed by atoms with van der Waals surface area (Å²) in [5.41, 5.74) is 0. The zero-order valence-corrected chi connectivity index (χ0v) is 12.4. The molecular formula is C11H8Br2FN3O. The fraction of sp³-hybridized carbons (Fsp3) is 0.0909. The molecule has 0 aliphatic carbocycles. The average Bonchev–Trinajstić information content (AvgIpc) is 2.36. The molecule has 0 radical (unpaired) electrons. The quantitative estimate of drug-likeness (QED) is 0.880. The van der Waals surface area contributed by atoms with Gasteiger partial charge in [0.25, 0.3) is 0 Å². The summed E-state index contributed by atoms with van der Waals surface area (Å²) in [5.74, 6) is 1.10. The van der Waals surface area contributed by atoms with Crippen LogP contribution >= 0.6 is 31.9 Å². The highest BCUT2D eigenvalue weighted by Gasteiger charge is 2.10. The topological polar surface area (TPSA) is 47.0 Å². The van der Waals surface area contributed by atoms with Crippen LogP contribution in [0.15, 0.2) is 33.5 Å². The third-order valence-corrected chi connectivity index (χ3v) is 3.42. The summed E-state index contributed by atoms with van der Waals surface area (Å²) >= 11 is 6.43. The molecule has 1 aromatic heterocycles. The van der Waals surface area contributed by atoms with Gasteiger partial charge in [0.1, 0.15) is 28.2 Å². The maximum absolute atomic E-state index is 13.1. The number of hydrogen-bond acceptors (Lipinski definition) is 4. The molecule has 4 nitrogen and oxygen atoms in total. The Bertz CT molecular complexity index is 580. The van der Waals surface area contributed by atoms with Gasteiger partial charge in [-0.25, -0.2) is 14.4 Å². The van der Waals surface area contributed by atoms with E-state index in [-0.39, 0.29) is 5.82 Å². The molecule has 0 spiro atoms. The van der Waals surface area contributed by atoms with Gasteiger partial charge in [0, 0.05) is 7.05 Å². The van der Waals surface area contributed by atoms with Crippen LogP contribution in [0.25, 0.3) is 0 Å². The fourth-order valence-corrected chi connectivity index (χ4v) is 2.09. The van der Waals surface area contributed by atoms with E-state index in [1.165, 1.54) is 24.5 Å². The normalized spacial score (nSPS) is 10.2. The van der Waals surface area contributed by atoms with Gasteiger partial charge in [-0.2, -0.15) is 0 Å². The summed E-state index contributed by atoms with van der Waals surface area (Å²) < 4.78 is 19.6. The molecule has 0 unspecified atom stereocenters. The smallest absolute Gasteiger partial charge is 0.238 e. The van der Waals surface area contributed by atoms with Gasteiger partial charge in [-0.3, -0.25) is 0 Å². The lowest BCUT2D eigenvalue weighted by Crippen LogP contribution is -1.97. The second kappa shape index (κ2) is 5.62. The van der Waals surface area contributed by atoms with Crippen LogP contribution in [-0.2, 0) is 0 Å². The van der Waals surface area contributed by atoms with Crippen LogP contribution in [0.5, 0.6) is 11.6 Å². The Morgan fingerprint density at radius 3 is 2.72 bits per heavy atom. The van der Waals surface area contributed by atoms with E-state index in [2.05, 4.69) is 47.1 Å². The van der Waals surface area contributed by atoms with Crippen molar-refractivity contribution in [1.82, 2.24) is 9.97 Å². The molecule has 1 N–H and O–H groups in total. The summed E-state index contributed by atoms with van der Waals surface area (Å²) in [5, 5.41) is 2.89. The van der Waals surface area contributed by atoms with Crippen LogP contribution in [0.4, 0.5) is 10.2 Å². The molecule has 1 heterocycles. The van der Waals surface area contributed by atoms with E-state index in [1.807, 2.05) is 0 Å². The van der Waals surface area contributed by atoms with E-state index in [1.54, 1.807) is 7.05 Å². The second-order valence-corrected chi connectivity index (χ2v) is 4.92. The minimum atomic E-state index is -0.347. The van der Waals surface area contributed by atoms with Gasteiger partial charge in [0.2, 0.25) is 5.88 Å². The zero-order chi connectivity index (χ0) is 13.1. The summed E-state index contributed by atoms with van der Waals surface area (Å²) in [4.78, 5) is 8.02. The summed E-state index contributed by atoms with van der Waals surface area (Å²) in [6.45, 7) is 0. The van der Waals surface area contributed by atoms with Gasteiger partial charge >= 0.3 is 0 Å². The molecule has 2 rings (SSSR count). The Morgan fingerprint density at radius 1 is 1.28 bits per heavy atom. The molecular weight excluding hydrogens is 369 g/mol. The van der Waals surface area contributed by atoms with E-state index in [4.69, 9.17) is 4.74 Å². The van der Waals surface area contributed by atoms with Crippen molar-refractivity contribution in [3.8, 4) is 11.6 Å². The maximum atomic E-state index is 13.1. The molecule has 0 atom stereocenters. The van der Waals surface area contributed by atoms with Crippen molar-refractivity contribution in [3.63, 3.8) is 0 Å². The molecule has 18 heavy (non-hydrogen) atoms. The number of aromatic nitrogens is 2. The minimum absolute atomic E-state index is 0.332. The molecule has 0 aliphatic heterocycles. The molecule has 0 aliphatic rings. The van der Waals surface area contributed by atoms with Crippen LogP contribution in [0, 0.1) is 5.82 Å². The summed E-state index contributed by atoms with van der Waals surface area (Å²) in [6.07, 6.45) is 1.38. The van der Waals surface area contributed by atoms with Crippen molar-refractivity contribution in [1.29, 1.82) is 0 Å². The number of halogens is 3. The van der Waals surface area contributed by atoms with Crippen LogP contribution in [0.1, 0.15) is 0 Å². The van der Waals surface area contributed by atoms with Crippen molar-refractivity contribution in [2.45, 2.75) is 0 Å². The Kier molecular flexibility index (Phi) is 4.13. The van der Waals surface area contributed by atoms with Crippen LogP contribution in [0.2, 0.25) is 0 Å². The van der Waals surface area contributed by atoms with E-state index in [0.717, 1.165) is 0 Å². The first kappa shape index (κ1) is 13.2. The predicted octanol–water partition coefficient (Wildman–Crippen LogP) is 3.97. The molecule has 7 heteroatoms. The first-order valence-electron chi connectivity index (χ1n) is 4.93. The van der Waals surface area contributed by atoms with Gasteiger partial charge in [-0.1, -0.05) is 0 Å². The largest absolute Gasteiger partial charge is 0.438 e. The van der Waals surface area contributed by atoms with Crippen LogP contribution in [0.3, 0.4) is 0 Å². The van der Waals surface area contributed by atoms with Gasteiger partial charge in [-0.05, 0) is 50.1 Å². The summed E-state index contributed by atoms with van der Waals surface area (Å²) in [7, 11) is 1.74. The van der Waals surface area contributed by atoms with Crippen molar-refractivity contribution in [2.24, 2.45) is 0 Å². The third kappa shape index (κ3) is 2.78. The first-order valence-corrected chi connectivity index (χ1v) is 6.51. The number of rotatable bonds is 3. The maximum Gasteiger partial charge on any atom is 0.238 e. The van der Waals surface area contributed by atoms with Gasteiger partial charge in [-0.15, -0.1) is 0 Å². The Hall–Kier alpha value is -1.21. The van der Waals surface area contributed by atoms with E-state index < -0.39 is 0 Å². The number of anilines is 1. The van der Waals surface area contributed by atoms with Crippen LogP contribution < -0.4 is 10.1 Å². The van der Waals surface area contributed by atoms with Crippen LogP contribution in [-0.4, -0.2) is 17.0 Å². The first-order chi connectivity index (χ1) is 8.61. The molecule has 0 saturated heterocycles. The van der Waals surface area contributed by atoms with E-state index >= 15 is 0 Å².